The van der Waals surface area contributed by atoms with Gasteiger partial charge in [0.25, 0.3) is 0 Å². The van der Waals surface area contributed by atoms with E-state index in [2.05, 4.69) is 156 Å². The fourth-order valence-electron chi connectivity index (χ4n) is 7.61. The average molecular weight is 560 g/mol. The first-order valence-corrected chi connectivity index (χ1v) is 15.1. The van der Waals surface area contributed by atoms with Gasteiger partial charge in [-0.15, -0.1) is 0 Å². The van der Waals surface area contributed by atoms with Crippen LogP contribution < -0.4 is 0 Å². The number of hydrogen-bond donors (Lipinski definition) is 0. The maximum Gasteiger partial charge on any atom is 0.160 e. The summed E-state index contributed by atoms with van der Waals surface area (Å²) in [7, 11) is 0. The van der Waals surface area contributed by atoms with Gasteiger partial charge in [-0.2, -0.15) is 0 Å². The minimum absolute atomic E-state index is 0.904. The molecule has 0 radical (unpaired) electrons. The van der Waals surface area contributed by atoms with Crippen molar-refractivity contribution < 1.29 is 4.42 Å². The molecule has 10 rings (SSSR count). The summed E-state index contributed by atoms with van der Waals surface area (Å²) < 4.78 is 9.40. The smallest absolute Gasteiger partial charge is 0.160 e. The highest BCUT2D eigenvalue weighted by Crippen LogP contribution is 2.50. The standard InChI is InChI=1S/C42H25NO/c1-2-14-26(15-3-1)27-16-8-11-23-34(27)43-35-24-12-9-21-32(35)39-37-30-19-6-4-17-28(30)29-18-5-7-20-31(29)38(37)40-33-22-10-13-25-36(33)44-42(40)41(39)43/h1-25H. The van der Waals surface area contributed by atoms with Crippen LogP contribution >= 0.6 is 0 Å². The number of furan rings is 1. The van der Waals surface area contributed by atoms with E-state index in [4.69, 9.17) is 4.42 Å². The van der Waals surface area contributed by atoms with Gasteiger partial charge in [0.2, 0.25) is 0 Å². The maximum atomic E-state index is 6.95. The van der Waals surface area contributed by atoms with Crippen LogP contribution in [0.5, 0.6) is 0 Å². The highest BCUT2D eigenvalue weighted by molar-refractivity contribution is 6.44. The topological polar surface area (TPSA) is 18.1 Å². The summed E-state index contributed by atoms with van der Waals surface area (Å²) in [6.45, 7) is 0. The van der Waals surface area contributed by atoms with Crippen LogP contribution in [-0.4, -0.2) is 4.57 Å². The van der Waals surface area contributed by atoms with E-state index in [1.54, 1.807) is 0 Å². The lowest BCUT2D eigenvalue weighted by atomic mass is 9.89. The molecule has 2 nitrogen and oxygen atoms in total. The predicted molar refractivity (Wildman–Crippen MR) is 186 cm³/mol. The van der Waals surface area contributed by atoms with Crippen LogP contribution in [0, 0.1) is 0 Å². The highest BCUT2D eigenvalue weighted by Gasteiger charge is 2.26. The third-order valence-corrected chi connectivity index (χ3v) is 9.35. The Morgan fingerprint density at radius 2 is 0.932 bits per heavy atom. The van der Waals surface area contributed by atoms with Crippen molar-refractivity contribution in [2.75, 3.05) is 0 Å². The summed E-state index contributed by atoms with van der Waals surface area (Å²) in [4.78, 5) is 0. The molecule has 0 aliphatic rings. The lowest BCUT2D eigenvalue weighted by Gasteiger charge is -2.16. The molecule has 44 heavy (non-hydrogen) atoms. The normalized spacial score (nSPS) is 12.1. The minimum Gasteiger partial charge on any atom is -0.454 e. The number of aromatic nitrogens is 1. The Morgan fingerprint density at radius 3 is 1.68 bits per heavy atom. The molecule has 2 heteroatoms. The molecule has 0 bridgehead atoms. The number of rotatable bonds is 2. The molecule has 10 aromatic rings. The Labute approximate surface area is 253 Å². The van der Waals surface area contributed by atoms with Gasteiger partial charge < -0.3 is 8.98 Å². The lowest BCUT2D eigenvalue weighted by Crippen LogP contribution is -1.97. The summed E-state index contributed by atoms with van der Waals surface area (Å²) >= 11 is 0. The molecule has 0 aliphatic carbocycles. The van der Waals surface area contributed by atoms with Gasteiger partial charge >= 0.3 is 0 Å². The summed E-state index contributed by atoms with van der Waals surface area (Å²) in [5, 5.41) is 12.3. The zero-order valence-electron chi connectivity index (χ0n) is 23.8. The summed E-state index contributed by atoms with van der Waals surface area (Å²) in [5.41, 5.74) is 7.60. The Morgan fingerprint density at radius 1 is 0.386 bits per heavy atom. The number of nitrogens with zero attached hydrogens (tertiary/aromatic N) is 1. The fourth-order valence-corrected chi connectivity index (χ4v) is 7.61. The van der Waals surface area contributed by atoms with Gasteiger partial charge in [-0.1, -0.05) is 133 Å². The monoisotopic (exact) mass is 559 g/mol. The van der Waals surface area contributed by atoms with E-state index in [1.807, 2.05) is 0 Å². The first-order chi connectivity index (χ1) is 21.9. The quantitative estimate of drug-likeness (QED) is 0.193. The van der Waals surface area contributed by atoms with Crippen molar-refractivity contribution >= 4 is 76.1 Å². The molecule has 2 heterocycles. The van der Waals surface area contributed by atoms with Crippen molar-refractivity contribution in [2.45, 2.75) is 0 Å². The summed E-state index contributed by atoms with van der Waals surface area (Å²) in [5.74, 6) is 0. The van der Waals surface area contributed by atoms with Crippen molar-refractivity contribution in [3.8, 4) is 16.8 Å². The number of hydrogen-bond acceptors (Lipinski definition) is 1. The van der Waals surface area contributed by atoms with Gasteiger partial charge in [0, 0.05) is 37.9 Å². The molecule has 0 unspecified atom stereocenters. The number of para-hydroxylation sites is 3. The van der Waals surface area contributed by atoms with E-state index in [0.717, 1.165) is 33.3 Å². The van der Waals surface area contributed by atoms with Crippen LogP contribution in [0.15, 0.2) is 156 Å². The highest BCUT2D eigenvalue weighted by atomic mass is 16.3. The Balaban J connectivity index is 1.57. The first kappa shape index (κ1) is 23.7. The van der Waals surface area contributed by atoms with Crippen LogP contribution in [-0.2, 0) is 0 Å². The van der Waals surface area contributed by atoms with Crippen LogP contribution in [0.1, 0.15) is 0 Å². The van der Waals surface area contributed by atoms with Gasteiger partial charge in [-0.3, -0.25) is 0 Å². The molecule has 0 spiro atoms. The van der Waals surface area contributed by atoms with E-state index in [9.17, 15) is 0 Å². The molecule has 0 amide bonds. The lowest BCUT2D eigenvalue weighted by molar-refractivity contribution is 0.671. The third kappa shape index (κ3) is 3.04. The second-order valence-electron chi connectivity index (χ2n) is 11.6. The van der Waals surface area contributed by atoms with Crippen LogP contribution in [0.25, 0.3) is 92.9 Å². The van der Waals surface area contributed by atoms with Gasteiger partial charge in [0.05, 0.1) is 16.7 Å². The van der Waals surface area contributed by atoms with Crippen molar-refractivity contribution in [1.29, 1.82) is 0 Å². The number of fused-ring (bicyclic) bond motifs is 15. The predicted octanol–water partition coefficient (Wildman–Crippen LogP) is 11.8. The Kier molecular flexibility index (Phi) is 4.75. The molecule has 2 aromatic heterocycles. The largest absolute Gasteiger partial charge is 0.454 e. The average Bonchev–Trinajstić information content (AvgIpc) is 3.65. The molecular weight excluding hydrogens is 534 g/mol. The second-order valence-corrected chi connectivity index (χ2v) is 11.6. The zero-order chi connectivity index (χ0) is 28.8. The van der Waals surface area contributed by atoms with Gasteiger partial charge in [-0.05, 0) is 45.3 Å². The minimum atomic E-state index is 0.904. The maximum absolute atomic E-state index is 6.95. The van der Waals surface area contributed by atoms with E-state index >= 15 is 0 Å². The molecule has 0 saturated carbocycles. The molecular formula is C42H25NO. The molecule has 0 fully saturated rings. The Bertz CT molecular complexity index is 2760. The van der Waals surface area contributed by atoms with Gasteiger partial charge in [-0.25, -0.2) is 0 Å². The molecule has 0 aliphatic heterocycles. The molecule has 8 aromatic carbocycles. The zero-order valence-corrected chi connectivity index (χ0v) is 23.8. The van der Waals surface area contributed by atoms with Crippen LogP contribution in [0.2, 0.25) is 0 Å². The van der Waals surface area contributed by atoms with Crippen LogP contribution in [0.3, 0.4) is 0 Å². The van der Waals surface area contributed by atoms with E-state index in [-0.39, 0.29) is 0 Å². The SMILES string of the molecule is c1ccc(-c2ccccc2-n2c3ccccc3c3c4c5ccccc5c5ccccc5c4c4c5ccccc5oc4c32)cc1. The van der Waals surface area contributed by atoms with Gasteiger partial charge in [0.15, 0.2) is 5.58 Å². The van der Waals surface area contributed by atoms with Crippen LogP contribution in [0.4, 0.5) is 0 Å². The molecule has 0 saturated heterocycles. The molecule has 0 atom stereocenters. The molecule has 0 N–H and O–H groups in total. The van der Waals surface area contributed by atoms with Gasteiger partial charge in [0.1, 0.15) is 5.58 Å². The van der Waals surface area contributed by atoms with E-state index in [1.165, 1.54) is 59.6 Å². The van der Waals surface area contributed by atoms with Crippen molar-refractivity contribution in [2.24, 2.45) is 0 Å². The van der Waals surface area contributed by atoms with Crippen molar-refractivity contribution in [1.82, 2.24) is 4.57 Å². The summed E-state index contributed by atoms with van der Waals surface area (Å²) in [6.07, 6.45) is 0. The Hall–Kier alpha value is -5.86. The molecule has 204 valence electrons. The summed E-state index contributed by atoms with van der Waals surface area (Å²) in [6, 6.07) is 54.5. The van der Waals surface area contributed by atoms with Crippen molar-refractivity contribution in [3.63, 3.8) is 0 Å². The fraction of sp³-hybridized carbons (Fsp3) is 0. The van der Waals surface area contributed by atoms with Crippen molar-refractivity contribution in [3.05, 3.63) is 152 Å². The number of benzene rings is 8. The van der Waals surface area contributed by atoms with E-state index < -0.39 is 0 Å². The van der Waals surface area contributed by atoms with E-state index in [0.29, 0.717) is 0 Å². The third-order valence-electron chi connectivity index (χ3n) is 9.35. The first-order valence-electron chi connectivity index (χ1n) is 15.1. The second kappa shape index (κ2) is 8.82.